The SMILES string of the molecule is CC1CC1C(N)Cc1cc(Br)cc2c1OCC2. The smallest absolute Gasteiger partial charge is 0.125 e. The predicted octanol–water partition coefficient (Wildman–Crippen LogP) is 2.91. The Bertz CT molecular complexity index is 446. The summed E-state index contributed by atoms with van der Waals surface area (Å²) in [5.41, 5.74) is 8.88. The van der Waals surface area contributed by atoms with Gasteiger partial charge in [0.15, 0.2) is 0 Å². The minimum Gasteiger partial charge on any atom is -0.493 e. The monoisotopic (exact) mass is 295 g/mol. The number of nitrogens with two attached hydrogens (primary N) is 1. The summed E-state index contributed by atoms with van der Waals surface area (Å²) >= 11 is 3.57. The molecular weight excluding hydrogens is 278 g/mol. The van der Waals surface area contributed by atoms with Crippen molar-refractivity contribution >= 4 is 15.9 Å². The Morgan fingerprint density at radius 2 is 2.29 bits per heavy atom. The number of fused-ring (bicyclic) bond motifs is 1. The highest BCUT2D eigenvalue weighted by atomic mass is 79.9. The lowest BCUT2D eigenvalue weighted by atomic mass is 9.99. The zero-order chi connectivity index (χ0) is 12.0. The fourth-order valence-corrected chi connectivity index (χ4v) is 3.40. The number of rotatable bonds is 3. The molecule has 0 saturated heterocycles. The number of ether oxygens (including phenoxy) is 1. The van der Waals surface area contributed by atoms with Gasteiger partial charge in [0.05, 0.1) is 6.61 Å². The van der Waals surface area contributed by atoms with E-state index >= 15 is 0 Å². The molecule has 2 aliphatic rings. The molecule has 3 rings (SSSR count). The van der Waals surface area contributed by atoms with Gasteiger partial charge in [-0.2, -0.15) is 0 Å². The molecule has 1 heterocycles. The molecule has 0 bridgehead atoms. The van der Waals surface area contributed by atoms with Crippen molar-refractivity contribution in [3.05, 3.63) is 27.7 Å². The maximum absolute atomic E-state index is 6.27. The lowest BCUT2D eigenvalue weighted by Crippen LogP contribution is -2.26. The zero-order valence-electron chi connectivity index (χ0n) is 10.1. The average Bonchev–Trinajstić information content (AvgIpc) is 2.82. The molecule has 3 unspecified atom stereocenters. The maximum Gasteiger partial charge on any atom is 0.125 e. The van der Waals surface area contributed by atoms with Gasteiger partial charge in [0, 0.05) is 16.9 Å². The normalized spacial score (nSPS) is 27.5. The Balaban J connectivity index is 1.82. The van der Waals surface area contributed by atoms with Crippen molar-refractivity contribution in [2.45, 2.75) is 32.2 Å². The second kappa shape index (κ2) is 4.29. The first-order chi connectivity index (χ1) is 8.15. The summed E-state index contributed by atoms with van der Waals surface area (Å²) in [6, 6.07) is 4.61. The third-order valence-electron chi connectivity index (χ3n) is 4.00. The minimum absolute atomic E-state index is 0.285. The van der Waals surface area contributed by atoms with E-state index in [9.17, 15) is 0 Å². The highest BCUT2D eigenvalue weighted by molar-refractivity contribution is 9.10. The molecule has 17 heavy (non-hydrogen) atoms. The van der Waals surface area contributed by atoms with Crippen molar-refractivity contribution in [1.29, 1.82) is 0 Å². The molecule has 0 radical (unpaired) electrons. The number of hydrogen-bond donors (Lipinski definition) is 1. The third-order valence-corrected chi connectivity index (χ3v) is 4.46. The Kier molecular flexibility index (Phi) is 2.91. The first-order valence-corrected chi connectivity index (χ1v) is 7.14. The fourth-order valence-electron chi connectivity index (χ4n) is 2.85. The van der Waals surface area contributed by atoms with E-state index in [0.717, 1.165) is 35.6 Å². The summed E-state index contributed by atoms with van der Waals surface area (Å²) < 4.78 is 6.88. The van der Waals surface area contributed by atoms with Crippen LogP contribution in [0.1, 0.15) is 24.5 Å². The Morgan fingerprint density at radius 1 is 1.53 bits per heavy atom. The molecular formula is C14H18BrNO. The lowest BCUT2D eigenvalue weighted by Gasteiger charge is -2.14. The van der Waals surface area contributed by atoms with Crippen LogP contribution in [-0.2, 0) is 12.8 Å². The van der Waals surface area contributed by atoms with Gasteiger partial charge < -0.3 is 10.5 Å². The average molecular weight is 296 g/mol. The van der Waals surface area contributed by atoms with Crippen LogP contribution in [0.25, 0.3) is 0 Å². The largest absolute Gasteiger partial charge is 0.493 e. The van der Waals surface area contributed by atoms with Crippen LogP contribution in [0, 0.1) is 11.8 Å². The van der Waals surface area contributed by atoms with Crippen molar-refractivity contribution in [3.63, 3.8) is 0 Å². The van der Waals surface area contributed by atoms with Gasteiger partial charge >= 0.3 is 0 Å². The molecule has 92 valence electrons. The van der Waals surface area contributed by atoms with Crippen LogP contribution in [0.2, 0.25) is 0 Å². The zero-order valence-corrected chi connectivity index (χ0v) is 11.7. The van der Waals surface area contributed by atoms with Gasteiger partial charge in [-0.3, -0.25) is 0 Å². The van der Waals surface area contributed by atoms with E-state index < -0.39 is 0 Å². The molecule has 1 aromatic carbocycles. The van der Waals surface area contributed by atoms with Gasteiger partial charge in [-0.05, 0) is 47.9 Å². The quantitative estimate of drug-likeness (QED) is 0.931. The topological polar surface area (TPSA) is 35.2 Å². The van der Waals surface area contributed by atoms with Gasteiger partial charge in [0.1, 0.15) is 5.75 Å². The first kappa shape index (κ1) is 11.5. The van der Waals surface area contributed by atoms with Crippen LogP contribution < -0.4 is 10.5 Å². The van der Waals surface area contributed by atoms with Crippen LogP contribution in [-0.4, -0.2) is 12.6 Å². The van der Waals surface area contributed by atoms with E-state index in [1.807, 2.05) is 0 Å². The summed E-state index contributed by atoms with van der Waals surface area (Å²) in [4.78, 5) is 0. The fraction of sp³-hybridized carbons (Fsp3) is 0.571. The molecule has 1 aromatic rings. The van der Waals surface area contributed by atoms with E-state index in [0.29, 0.717) is 5.92 Å². The van der Waals surface area contributed by atoms with Crippen molar-refractivity contribution < 1.29 is 4.74 Å². The van der Waals surface area contributed by atoms with Crippen molar-refractivity contribution in [3.8, 4) is 5.75 Å². The standard InChI is InChI=1S/C14H18BrNO/c1-8-4-12(8)13(16)7-10-6-11(15)5-9-2-3-17-14(9)10/h5-6,8,12-13H,2-4,7,16H2,1H3. The highest BCUT2D eigenvalue weighted by Crippen LogP contribution is 2.42. The molecule has 3 heteroatoms. The maximum atomic E-state index is 6.27. The van der Waals surface area contributed by atoms with E-state index in [4.69, 9.17) is 10.5 Å². The van der Waals surface area contributed by atoms with Gasteiger partial charge in [-0.1, -0.05) is 22.9 Å². The Hall–Kier alpha value is -0.540. The molecule has 3 atom stereocenters. The predicted molar refractivity (Wildman–Crippen MR) is 72.3 cm³/mol. The highest BCUT2D eigenvalue weighted by Gasteiger charge is 2.38. The minimum atomic E-state index is 0.285. The molecule has 2 nitrogen and oxygen atoms in total. The Morgan fingerprint density at radius 3 is 3.00 bits per heavy atom. The van der Waals surface area contributed by atoms with Crippen LogP contribution in [0.15, 0.2) is 16.6 Å². The molecule has 0 aromatic heterocycles. The second-order valence-corrected chi connectivity index (χ2v) is 6.31. The van der Waals surface area contributed by atoms with Gasteiger partial charge in [0.2, 0.25) is 0 Å². The first-order valence-electron chi connectivity index (χ1n) is 6.35. The molecule has 0 spiro atoms. The number of hydrogen-bond acceptors (Lipinski definition) is 2. The van der Waals surface area contributed by atoms with Crippen LogP contribution >= 0.6 is 15.9 Å². The Labute approximate surface area is 111 Å². The van der Waals surface area contributed by atoms with Gasteiger partial charge in [-0.25, -0.2) is 0 Å². The van der Waals surface area contributed by atoms with Crippen LogP contribution in [0.5, 0.6) is 5.75 Å². The molecule has 1 fully saturated rings. The second-order valence-electron chi connectivity index (χ2n) is 5.40. The summed E-state index contributed by atoms with van der Waals surface area (Å²) in [5.74, 6) is 2.62. The van der Waals surface area contributed by atoms with Crippen molar-refractivity contribution in [2.75, 3.05) is 6.61 Å². The van der Waals surface area contributed by atoms with E-state index in [2.05, 4.69) is 35.0 Å². The third kappa shape index (κ3) is 2.23. The van der Waals surface area contributed by atoms with Crippen molar-refractivity contribution in [1.82, 2.24) is 0 Å². The molecule has 1 aliphatic carbocycles. The lowest BCUT2D eigenvalue weighted by molar-refractivity contribution is 0.352. The van der Waals surface area contributed by atoms with E-state index in [1.54, 1.807) is 0 Å². The molecule has 1 saturated carbocycles. The number of benzene rings is 1. The van der Waals surface area contributed by atoms with E-state index in [1.165, 1.54) is 17.5 Å². The van der Waals surface area contributed by atoms with Gasteiger partial charge in [-0.15, -0.1) is 0 Å². The van der Waals surface area contributed by atoms with Crippen molar-refractivity contribution in [2.24, 2.45) is 17.6 Å². The summed E-state index contributed by atoms with van der Waals surface area (Å²) in [6.07, 6.45) is 3.26. The van der Waals surface area contributed by atoms with Crippen LogP contribution in [0.3, 0.4) is 0 Å². The summed E-state index contributed by atoms with van der Waals surface area (Å²) in [5, 5.41) is 0. The molecule has 2 N–H and O–H groups in total. The molecule has 1 aliphatic heterocycles. The van der Waals surface area contributed by atoms with Gasteiger partial charge in [0.25, 0.3) is 0 Å². The summed E-state index contributed by atoms with van der Waals surface area (Å²) in [7, 11) is 0. The number of halogens is 1. The van der Waals surface area contributed by atoms with E-state index in [-0.39, 0.29) is 6.04 Å². The molecule has 0 amide bonds. The summed E-state index contributed by atoms with van der Waals surface area (Å²) in [6.45, 7) is 3.10. The van der Waals surface area contributed by atoms with Crippen LogP contribution in [0.4, 0.5) is 0 Å².